The second-order valence-corrected chi connectivity index (χ2v) is 4.31. The molecule has 0 bridgehead atoms. The summed E-state index contributed by atoms with van der Waals surface area (Å²) in [7, 11) is 0. The van der Waals surface area contributed by atoms with E-state index >= 15 is 0 Å². The second-order valence-electron chi connectivity index (χ2n) is 2.06. The molecule has 2 heteroatoms. The zero-order chi connectivity index (χ0) is 7.40. The summed E-state index contributed by atoms with van der Waals surface area (Å²) >= 11 is 6.45. The van der Waals surface area contributed by atoms with E-state index in [2.05, 4.69) is 18.0 Å². The van der Waals surface area contributed by atoms with Crippen LogP contribution < -0.4 is 0 Å². The van der Waals surface area contributed by atoms with Crippen molar-refractivity contribution in [1.82, 2.24) is 0 Å². The molecule has 0 saturated carbocycles. The predicted molar refractivity (Wildman–Crippen MR) is 46.8 cm³/mol. The van der Waals surface area contributed by atoms with Crippen molar-refractivity contribution in [2.24, 2.45) is 0 Å². The quantitative estimate of drug-likeness (QED) is 0.671. The van der Waals surface area contributed by atoms with Crippen LogP contribution in [0.25, 0.3) is 0 Å². The van der Waals surface area contributed by atoms with Crippen LogP contribution in [0.4, 0.5) is 0 Å². The van der Waals surface area contributed by atoms with E-state index in [1.165, 1.54) is 10.9 Å². The Morgan fingerprint density at radius 3 is 2.40 bits per heavy atom. The molecule has 0 atom stereocenters. The van der Waals surface area contributed by atoms with Gasteiger partial charge in [-0.15, -0.1) is 0 Å². The fraction of sp³-hybridized carbons (Fsp3) is 0.250. The van der Waals surface area contributed by atoms with Crippen molar-refractivity contribution in [3.8, 4) is 0 Å². The SMILES string of the molecule is C[Se]Cc1ccc(Cl)cc1. The molecule has 1 aromatic carbocycles. The van der Waals surface area contributed by atoms with Gasteiger partial charge in [0, 0.05) is 0 Å². The topological polar surface area (TPSA) is 0 Å². The van der Waals surface area contributed by atoms with E-state index in [0.29, 0.717) is 0 Å². The van der Waals surface area contributed by atoms with Crippen molar-refractivity contribution >= 4 is 26.6 Å². The zero-order valence-electron chi connectivity index (χ0n) is 5.80. The number of benzene rings is 1. The maximum absolute atomic E-state index is 5.72. The van der Waals surface area contributed by atoms with Gasteiger partial charge < -0.3 is 0 Å². The average Bonchev–Trinajstić information content (AvgIpc) is 1.95. The molecule has 54 valence electrons. The molecule has 10 heavy (non-hydrogen) atoms. The Kier molecular flexibility index (Phi) is 3.27. The molecular formula is C8H9ClSe. The molecule has 0 heterocycles. The molecule has 0 spiro atoms. The van der Waals surface area contributed by atoms with Crippen molar-refractivity contribution in [3.63, 3.8) is 0 Å². The fourth-order valence-corrected chi connectivity index (χ4v) is 1.98. The second kappa shape index (κ2) is 4.02. The van der Waals surface area contributed by atoms with Gasteiger partial charge in [0.25, 0.3) is 0 Å². The van der Waals surface area contributed by atoms with Gasteiger partial charge in [-0.2, -0.15) is 0 Å². The van der Waals surface area contributed by atoms with Crippen molar-refractivity contribution in [2.45, 2.75) is 11.1 Å². The Morgan fingerprint density at radius 2 is 1.90 bits per heavy atom. The molecule has 0 N–H and O–H groups in total. The van der Waals surface area contributed by atoms with Gasteiger partial charge in [-0.25, -0.2) is 0 Å². The first kappa shape index (κ1) is 8.13. The molecule has 0 unspecified atom stereocenters. The molecule has 0 aromatic heterocycles. The minimum absolute atomic E-state index is 0.730. The molecule has 0 aliphatic heterocycles. The molecule has 0 nitrogen and oxygen atoms in total. The number of hydrogen-bond donors (Lipinski definition) is 0. The van der Waals surface area contributed by atoms with E-state index in [4.69, 9.17) is 11.6 Å². The molecule has 1 rings (SSSR count). The summed E-state index contributed by atoms with van der Waals surface area (Å²) in [6.07, 6.45) is 0. The van der Waals surface area contributed by atoms with Gasteiger partial charge in [-0.3, -0.25) is 0 Å². The van der Waals surface area contributed by atoms with Crippen LogP contribution in [0.3, 0.4) is 0 Å². The number of hydrogen-bond acceptors (Lipinski definition) is 0. The van der Waals surface area contributed by atoms with Gasteiger partial charge in [0.2, 0.25) is 0 Å². The first-order chi connectivity index (χ1) is 4.83. The van der Waals surface area contributed by atoms with Crippen molar-refractivity contribution < 1.29 is 0 Å². The van der Waals surface area contributed by atoms with Crippen LogP contribution >= 0.6 is 11.6 Å². The summed E-state index contributed by atoms with van der Waals surface area (Å²) in [5, 5.41) is 2.04. The van der Waals surface area contributed by atoms with Gasteiger partial charge in [0.1, 0.15) is 0 Å². The Bertz CT molecular complexity index is 193. The third-order valence-electron chi connectivity index (χ3n) is 1.22. The summed E-state index contributed by atoms with van der Waals surface area (Å²) in [5.41, 5.74) is 1.40. The van der Waals surface area contributed by atoms with Gasteiger partial charge in [0.05, 0.1) is 0 Å². The zero-order valence-corrected chi connectivity index (χ0v) is 8.27. The Balaban J connectivity index is 2.69. The monoisotopic (exact) mass is 220 g/mol. The van der Waals surface area contributed by atoms with E-state index in [0.717, 1.165) is 20.0 Å². The normalized spacial score (nSPS) is 9.80. The summed E-state index contributed by atoms with van der Waals surface area (Å²) in [4.78, 5) is 0. The van der Waals surface area contributed by atoms with Crippen LogP contribution in [0, 0.1) is 0 Å². The minimum atomic E-state index is 0.730. The van der Waals surface area contributed by atoms with Crippen LogP contribution in [0.5, 0.6) is 0 Å². The van der Waals surface area contributed by atoms with Gasteiger partial charge >= 0.3 is 72.6 Å². The van der Waals surface area contributed by atoms with Crippen molar-refractivity contribution in [2.75, 3.05) is 0 Å². The van der Waals surface area contributed by atoms with Crippen LogP contribution in [-0.4, -0.2) is 15.0 Å². The van der Waals surface area contributed by atoms with E-state index < -0.39 is 0 Å². The third kappa shape index (κ3) is 2.34. The van der Waals surface area contributed by atoms with Crippen molar-refractivity contribution in [1.29, 1.82) is 0 Å². The molecule has 0 aliphatic carbocycles. The molecule has 1 aromatic rings. The molecule has 0 radical (unpaired) electrons. The molecule has 0 aliphatic rings. The third-order valence-corrected chi connectivity index (χ3v) is 2.78. The van der Waals surface area contributed by atoms with E-state index in [1.807, 2.05) is 12.1 Å². The van der Waals surface area contributed by atoms with E-state index in [1.54, 1.807) is 0 Å². The molecule has 0 fully saturated rings. The molecule has 0 saturated heterocycles. The van der Waals surface area contributed by atoms with Crippen LogP contribution in [0.2, 0.25) is 10.8 Å². The van der Waals surface area contributed by atoms with Gasteiger partial charge in [-0.1, -0.05) is 0 Å². The van der Waals surface area contributed by atoms with E-state index in [9.17, 15) is 0 Å². The molecule has 0 amide bonds. The van der Waals surface area contributed by atoms with Crippen LogP contribution in [0.1, 0.15) is 5.56 Å². The van der Waals surface area contributed by atoms with Gasteiger partial charge in [-0.05, 0) is 0 Å². The fourth-order valence-electron chi connectivity index (χ4n) is 0.747. The summed E-state index contributed by atoms with van der Waals surface area (Å²) in [5.74, 6) is 2.24. The predicted octanol–water partition coefficient (Wildman–Crippen LogP) is 2.59. The van der Waals surface area contributed by atoms with Crippen LogP contribution in [0.15, 0.2) is 24.3 Å². The van der Waals surface area contributed by atoms with Gasteiger partial charge in [0.15, 0.2) is 0 Å². The number of rotatable bonds is 2. The standard InChI is InChI=1S/C8H9ClSe/c1-10-6-7-2-4-8(9)5-3-7/h2-5H,6H2,1H3. The number of halogens is 1. The Morgan fingerprint density at radius 1 is 1.30 bits per heavy atom. The summed E-state index contributed by atoms with van der Waals surface area (Å²) < 4.78 is 0. The first-order valence-corrected chi connectivity index (χ1v) is 6.36. The first-order valence-electron chi connectivity index (χ1n) is 3.06. The molecular weight excluding hydrogens is 211 g/mol. The Hall–Kier alpha value is 0.0295. The maximum atomic E-state index is 5.72. The Labute approximate surface area is 72.7 Å². The summed E-state index contributed by atoms with van der Waals surface area (Å²) in [6, 6.07) is 8.08. The van der Waals surface area contributed by atoms with Crippen molar-refractivity contribution in [3.05, 3.63) is 34.9 Å². The summed E-state index contributed by atoms with van der Waals surface area (Å²) in [6.45, 7) is 0. The average molecular weight is 220 g/mol. The van der Waals surface area contributed by atoms with Crippen LogP contribution in [-0.2, 0) is 5.32 Å². The van der Waals surface area contributed by atoms with E-state index in [-0.39, 0.29) is 0 Å².